The standard InChI is InChI=1S/C9H11NO2/c1-6-5-8(7(2)10-6)3-4-9(11)12/h3-5,10H,1-2H3,(H,11,12)/b4-3+. The second-order valence-corrected chi connectivity index (χ2v) is 2.70. The maximum Gasteiger partial charge on any atom is 0.328 e. The predicted octanol–water partition coefficient (Wildman–Crippen LogP) is 1.73. The highest BCUT2D eigenvalue weighted by Crippen LogP contribution is 2.10. The van der Waals surface area contributed by atoms with Gasteiger partial charge < -0.3 is 10.1 Å². The molecule has 0 aliphatic rings. The number of nitrogens with one attached hydrogen (secondary N) is 1. The van der Waals surface area contributed by atoms with Gasteiger partial charge in [-0.2, -0.15) is 0 Å². The summed E-state index contributed by atoms with van der Waals surface area (Å²) in [6.45, 7) is 3.85. The third-order valence-corrected chi connectivity index (χ3v) is 1.60. The summed E-state index contributed by atoms with van der Waals surface area (Å²) in [5.74, 6) is -0.923. The van der Waals surface area contributed by atoms with Gasteiger partial charge in [-0.15, -0.1) is 0 Å². The van der Waals surface area contributed by atoms with Gasteiger partial charge in [0.1, 0.15) is 0 Å². The Labute approximate surface area is 70.7 Å². The van der Waals surface area contributed by atoms with Crippen LogP contribution in [0.3, 0.4) is 0 Å². The molecule has 0 saturated heterocycles. The zero-order chi connectivity index (χ0) is 9.14. The number of carboxylic acids is 1. The smallest absolute Gasteiger partial charge is 0.328 e. The lowest BCUT2D eigenvalue weighted by atomic mass is 10.2. The van der Waals surface area contributed by atoms with E-state index in [4.69, 9.17) is 5.11 Å². The van der Waals surface area contributed by atoms with Crippen molar-refractivity contribution in [1.29, 1.82) is 0 Å². The van der Waals surface area contributed by atoms with E-state index in [-0.39, 0.29) is 0 Å². The van der Waals surface area contributed by atoms with Crippen LogP contribution >= 0.6 is 0 Å². The van der Waals surface area contributed by atoms with Gasteiger partial charge >= 0.3 is 5.97 Å². The van der Waals surface area contributed by atoms with Crippen molar-refractivity contribution in [2.24, 2.45) is 0 Å². The maximum absolute atomic E-state index is 10.2. The van der Waals surface area contributed by atoms with E-state index in [1.54, 1.807) is 6.08 Å². The first-order valence-corrected chi connectivity index (χ1v) is 3.67. The van der Waals surface area contributed by atoms with Crippen molar-refractivity contribution in [2.75, 3.05) is 0 Å². The number of aromatic nitrogens is 1. The van der Waals surface area contributed by atoms with Crippen LogP contribution in [0.4, 0.5) is 0 Å². The number of aryl methyl sites for hydroxylation is 2. The quantitative estimate of drug-likeness (QED) is 0.655. The Hall–Kier alpha value is -1.51. The number of H-pyrrole nitrogens is 1. The number of hydrogen-bond acceptors (Lipinski definition) is 1. The summed E-state index contributed by atoms with van der Waals surface area (Å²) in [6, 6.07) is 1.91. The van der Waals surface area contributed by atoms with Crippen molar-refractivity contribution in [1.82, 2.24) is 4.98 Å². The highest BCUT2D eigenvalue weighted by molar-refractivity contribution is 5.85. The summed E-state index contributed by atoms with van der Waals surface area (Å²) in [5, 5.41) is 8.38. The lowest BCUT2D eigenvalue weighted by Gasteiger charge is -1.86. The lowest BCUT2D eigenvalue weighted by molar-refractivity contribution is -0.131. The summed E-state index contributed by atoms with van der Waals surface area (Å²) in [6.07, 6.45) is 2.72. The monoisotopic (exact) mass is 165 g/mol. The molecule has 1 heterocycles. The molecule has 1 aromatic rings. The molecule has 0 amide bonds. The molecule has 0 bridgehead atoms. The summed E-state index contributed by atoms with van der Waals surface area (Å²) in [5.41, 5.74) is 2.96. The van der Waals surface area contributed by atoms with Gasteiger partial charge in [0.05, 0.1) is 0 Å². The number of aromatic amines is 1. The van der Waals surface area contributed by atoms with Gasteiger partial charge in [-0.05, 0) is 31.6 Å². The Morgan fingerprint density at radius 3 is 2.67 bits per heavy atom. The van der Waals surface area contributed by atoms with Gasteiger partial charge in [0, 0.05) is 17.5 Å². The molecule has 3 nitrogen and oxygen atoms in total. The number of rotatable bonds is 2. The predicted molar refractivity (Wildman–Crippen MR) is 46.9 cm³/mol. The third kappa shape index (κ3) is 1.99. The second kappa shape index (κ2) is 3.26. The van der Waals surface area contributed by atoms with E-state index in [2.05, 4.69) is 4.98 Å². The van der Waals surface area contributed by atoms with Crippen molar-refractivity contribution in [3.8, 4) is 0 Å². The minimum atomic E-state index is -0.923. The normalized spacial score (nSPS) is 10.8. The fraction of sp³-hybridized carbons (Fsp3) is 0.222. The van der Waals surface area contributed by atoms with Crippen molar-refractivity contribution in [3.05, 3.63) is 29.1 Å². The van der Waals surface area contributed by atoms with Gasteiger partial charge in [-0.25, -0.2) is 4.79 Å². The maximum atomic E-state index is 10.2. The van der Waals surface area contributed by atoms with Crippen LogP contribution in [0.5, 0.6) is 0 Å². The van der Waals surface area contributed by atoms with Crippen molar-refractivity contribution in [3.63, 3.8) is 0 Å². The van der Waals surface area contributed by atoms with Gasteiger partial charge in [0.25, 0.3) is 0 Å². The molecular weight excluding hydrogens is 154 g/mol. The highest BCUT2D eigenvalue weighted by atomic mass is 16.4. The molecule has 0 saturated carbocycles. The van der Waals surface area contributed by atoms with E-state index >= 15 is 0 Å². The summed E-state index contributed by atoms with van der Waals surface area (Å²) < 4.78 is 0. The molecule has 1 rings (SSSR count). The SMILES string of the molecule is Cc1cc(/C=C/C(=O)O)c(C)[nH]1. The van der Waals surface area contributed by atoms with Crippen LogP contribution < -0.4 is 0 Å². The third-order valence-electron chi connectivity index (χ3n) is 1.60. The number of hydrogen-bond donors (Lipinski definition) is 2. The summed E-state index contributed by atoms with van der Waals surface area (Å²) in [4.78, 5) is 13.3. The van der Waals surface area contributed by atoms with Crippen LogP contribution in [-0.2, 0) is 4.79 Å². The molecule has 0 unspecified atom stereocenters. The topological polar surface area (TPSA) is 53.1 Å². The van der Waals surface area contributed by atoms with Crippen LogP contribution in [-0.4, -0.2) is 16.1 Å². The van der Waals surface area contributed by atoms with Crippen LogP contribution in [0.1, 0.15) is 17.0 Å². The first-order chi connectivity index (χ1) is 5.59. The van der Waals surface area contributed by atoms with E-state index in [1.165, 1.54) is 0 Å². The number of aliphatic carboxylic acids is 1. The van der Waals surface area contributed by atoms with Crippen molar-refractivity contribution in [2.45, 2.75) is 13.8 Å². The zero-order valence-corrected chi connectivity index (χ0v) is 7.09. The molecular formula is C9H11NO2. The van der Waals surface area contributed by atoms with E-state index in [1.807, 2.05) is 19.9 Å². The number of carboxylic acid groups (broad SMARTS) is 1. The largest absolute Gasteiger partial charge is 0.478 e. The molecule has 12 heavy (non-hydrogen) atoms. The minimum absolute atomic E-state index is 0.923. The molecule has 0 aliphatic carbocycles. The second-order valence-electron chi connectivity index (χ2n) is 2.70. The molecule has 0 atom stereocenters. The van der Waals surface area contributed by atoms with Gasteiger partial charge in [0.15, 0.2) is 0 Å². The van der Waals surface area contributed by atoms with E-state index in [9.17, 15) is 4.79 Å². The first kappa shape index (κ1) is 8.59. The van der Waals surface area contributed by atoms with Gasteiger partial charge in [0.2, 0.25) is 0 Å². The Bertz CT molecular complexity index is 323. The number of carbonyl (C=O) groups is 1. The van der Waals surface area contributed by atoms with Gasteiger partial charge in [-0.3, -0.25) is 0 Å². The first-order valence-electron chi connectivity index (χ1n) is 3.67. The zero-order valence-electron chi connectivity index (χ0n) is 7.09. The van der Waals surface area contributed by atoms with Gasteiger partial charge in [-0.1, -0.05) is 0 Å². The summed E-state index contributed by atoms with van der Waals surface area (Å²) >= 11 is 0. The average Bonchev–Trinajstić information content (AvgIpc) is 2.26. The van der Waals surface area contributed by atoms with Crippen LogP contribution in [0.2, 0.25) is 0 Å². The molecule has 0 radical (unpaired) electrons. The molecule has 2 N–H and O–H groups in total. The fourth-order valence-corrected chi connectivity index (χ4v) is 1.08. The Morgan fingerprint density at radius 2 is 2.25 bits per heavy atom. The lowest BCUT2D eigenvalue weighted by Crippen LogP contribution is -1.85. The summed E-state index contributed by atoms with van der Waals surface area (Å²) in [7, 11) is 0. The van der Waals surface area contributed by atoms with E-state index < -0.39 is 5.97 Å². The average molecular weight is 165 g/mol. The fourth-order valence-electron chi connectivity index (χ4n) is 1.08. The molecule has 1 aromatic heterocycles. The Morgan fingerprint density at radius 1 is 1.58 bits per heavy atom. The highest BCUT2D eigenvalue weighted by Gasteiger charge is 1.97. The van der Waals surface area contributed by atoms with Crippen molar-refractivity contribution < 1.29 is 9.90 Å². The molecule has 0 spiro atoms. The van der Waals surface area contributed by atoms with E-state index in [0.29, 0.717) is 0 Å². The molecule has 0 aromatic carbocycles. The molecule has 3 heteroatoms. The van der Waals surface area contributed by atoms with Crippen molar-refractivity contribution >= 4 is 12.0 Å². The Kier molecular flexibility index (Phi) is 2.33. The molecule has 0 fully saturated rings. The molecule has 64 valence electrons. The Balaban J connectivity index is 2.89. The van der Waals surface area contributed by atoms with Crippen LogP contribution in [0.15, 0.2) is 12.1 Å². The van der Waals surface area contributed by atoms with Crippen LogP contribution in [0, 0.1) is 13.8 Å². The molecule has 0 aliphatic heterocycles. The van der Waals surface area contributed by atoms with E-state index in [0.717, 1.165) is 23.0 Å². The van der Waals surface area contributed by atoms with Crippen LogP contribution in [0.25, 0.3) is 6.08 Å². The minimum Gasteiger partial charge on any atom is -0.478 e.